The Morgan fingerprint density at radius 2 is 1.93 bits per heavy atom. The molecular formula is C22H22FNO3S. The number of nitrogens with zero attached hydrogens (tertiary/aromatic N) is 1. The van der Waals surface area contributed by atoms with Crippen LogP contribution in [0.15, 0.2) is 72.5 Å². The first-order chi connectivity index (χ1) is 13.5. The number of allylic oxidation sites excluding steroid dienone is 2. The van der Waals surface area contributed by atoms with E-state index in [9.17, 15) is 19.4 Å². The summed E-state index contributed by atoms with van der Waals surface area (Å²) in [4.78, 5) is 13.7. The van der Waals surface area contributed by atoms with Crippen molar-refractivity contribution >= 4 is 17.7 Å². The first kappa shape index (κ1) is 20.0. The van der Waals surface area contributed by atoms with Gasteiger partial charge < -0.3 is 15.1 Å². The Morgan fingerprint density at radius 3 is 2.64 bits per heavy atom. The van der Waals surface area contributed by atoms with Crippen molar-refractivity contribution in [2.45, 2.75) is 24.8 Å². The lowest BCUT2D eigenvalue weighted by molar-refractivity contribution is -0.133. The zero-order valence-corrected chi connectivity index (χ0v) is 16.1. The average Bonchev–Trinajstić information content (AvgIpc) is 2.67. The average molecular weight is 399 g/mol. The third-order valence-electron chi connectivity index (χ3n) is 4.44. The molecule has 4 nitrogen and oxygen atoms in total. The lowest BCUT2D eigenvalue weighted by atomic mass is 10.1. The summed E-state index contributed by atoms with van der Waals surface area (Å²) in [5, 5.41) is 18.9. The van der Waals surface area contributed by atoms with Gasteiger partial charge in [-0.3, -0.25) is 0 Å². The molecule has 2 aromatic carbocycles. The van der Waals surface area contributed by atoms with Crippen molar-refractivity contribution < 1.29 is 19.4 Å². The Kier molecular flexibility index (Phi) is 6.76. The van der Waals surface area contributed by atoms with Gasteiger partial charge in [-0.05, 0) is 66.1 Å². The molecule has 0 spiro atoms. The largest absolute Gasteiger partial charge is 0.508 e. The maximum Gasteiger partial charge on any atom is 0.334 e. The molecule has 28 heavy (non-hydrogen) atoms. The summed E-state index contributed by atoms with van der Waals surface area (Å²) in [5.41, 5.74) is 2.32. The number of carboxylic acid groups (broad SMARTS) is 1. The van der Waals surface area contributed by atoms with E-state index in [4.69, 9.17) is 0 Å². The van der Waals surface area contributed by atoms with E-state index in [0.717, 1.165) is 29.7 Å². The molecule has 0 bridgehead atoms. The maximum atomic E-state index is 13.0. The molecule has 1 heterocycles. The SMILES string of the molecule is O=C(O)C1=CC=CN(Cc2cccc(O)c2)C1SCCCc1ccc(F)cc1. The van der Waals surface area contributed by atoms with Crippen LogP contribution in [0.5, 0.6) is 5.75 Å². The number of aromatic hydroxyl groups is 1. The number of carbonyl (C=O) groups is 1. The van der Waals surface area contributed by atoms with E-state index in [1.165, 1.54) is 12.1 Å². The van der Waals surface area contributed by atoms with Gasteiger partial charge in [-0.25, -0.2) is 9.18 Å². The Bertz CT molecular complexity index is 880. The minimum absolute atomic E-state index is 0.191. The molecular weight excluding hydrogens is 377 g/mol. The highest BCUT2D eigenvalue weighted by Gasteiger charge is 2.27. The molecule has 2 N–H and O–H groups in total. The monoisotopic (exact) mass is 399 g/mol. The van der Waals surface area contributed by atoms with Crippen molar-refractivity contribution in [3.8, 4) is 5.75 Å². The van der Waals surface area contributed by atoms with E-state index in [-0.39, 0.29) is 16.9 Å². The molecule has 0 saturated heterocycles. The maximum absolute atomic E-state index is 13.0. The lowest BCUT2D eigenvalue weighted by Crippen LogP contribution is -2.34. The van der Waals surface area contributed by atoms with E-state index in [1.807, 2.05) is 17.2 Å². The van der Waals surface area contributed by atoms with Gasteiger partial charge >= 0.3 is 5.97 Å². The molecule has 3 rings (SSSR count). The summed E-state index contributed by atoms with van der Waals surface area (Å²) < 4.78 is 13.0. The van der Waals surface area contributed by atoms with E-state index in [2.05, 4.69) is 0 Å². The van der Waals surface area contributed by atoms with Gasteiger partial charge in [0.25, 0.3) is 0 Å². The van der Waals surface area contributed by atoms with Crippen LogP contribution in [0.3, 0.4) is 0 Å². The Hall–Kier alpha value is -2.73. The molecule has 0 aliphatic carbocycles. The van der Waals surface area contributed by atoms with Gasteiger partial charge in [0.1, 0.15) is 16.9 Å². The topological polar surface area (TPSA) is 60.8 Å². The zero-order valence-electron chi connectivity index (χ0n) is 15.3. The number of thioether (sulfide) groups is 1. The van der Waals surface area contributed by atoms with Crippen molar-refractivity contribution in [3.63, 3.8) is 0 Å². The Balaban J connectivity index is 1.62. The number of aliphatic carboxylic acids is 1. The number of hydrogen-bond donors (Lipinski definition) is 2. The number of carboxylic acids is 1. The zero-order chi connectivity index (χ0) is 19.9. The van der Waals surface area contributed by atoms with Gasteiger partial charge in [-0.1, -0.05) is 24.3 Å². The van der Waals surface area contributed by atoms with Crippen molar-refractivity contribution in [2.75, 3.05) is 5.75 Å². The number of halogens is 1. The van der Waals surface area contributed by atoms with Gasteiger partial charge in [-0.15, -0.1) is 11.8 Å². The van der Waals surface area contributed by atoms with E-state index in [0.29, 0.717) is 12.1 Å². The first-order valence-electron chi connectivity index (χ1n) is 9.04. The van der Waals surface area contributed by atoms with Gasteiger partial charge in [0.15, 0.2) is 0 Å². The number of hydrogen-bond acceptors (Lipinski definition) is 4. The number of benzene rings is 2. The second-order valence-electron chi connectivity index (χ2n) is 6.56. The fraction of sp³-hybridized carbons (Fsp3) is 0.227. The van der Waals surface area contributed by atoms with Crippen LogP contribution < -0.4 is 0 Å². The highest BCUT2D eigenvalue weighted by atomic mass is 32.2. The predicted molar refractivity (Wildman–Crippen MR) is 109 cm³/mol. The van der Waals surface area contributed by atoms with Crippen LogP contribution >= 0.6 is 11.8 Å². The highest BCUT2D eigenvalue weighted by molar-refractivity contribution is 8.00. The molecule has 0 fully saturated rings. The lowest BCUT2D eigenvalue weighted by Gasteiger charge is -2.33. The third kappa shape index (κ3) is 5.39. The molecule has 0 saturated carbocycles. The van der Waals surface area contributed by atoms with Crippen LogP contribution in [0.2, 0.25) is 0 Å². The smallest absolute Gasteiger partial charge is 0.334 e. The molecule has 0 radical (unpaired) electrons. The third-order valence-corrected chi connectivity index (χ3v) is 5.81. The van der Waals surface area contributed by atoms with Gasteiger partial charge in [-0.2, -0.15) is 0 Å². The highest BCUT2D eigenvalue weighted by Crippen LogP contribution is 2.30. The predicted octanol–water partition coefficient (Wildman–Crippen LogP) is 4.56. The Morgan fingerprint density at radius 1 is 1.14 bits per heavy atom. The standard InChI is InChI=1S/C22H22FNO3S/c23-18-10-8-16(9-11-18)5-3-13-28-21-20(22(26)27)7-2-12-24(21)15-17-4-1-6-19(25)14-17/h1-2,4,6-12,14,21,25H,3,5,13,15H2,(H,26,27). The van der Waals surface area contributed by atoms with Crippen molar-refractivity contribution in [2.24, 2.45) is 0 Å². The summed E-state index contributed by atoms with van der Waals surface area (Å²) >= 11 is 1.58. The first-order valence-corrected chi connectivity index (χ1v) is 10.1. The molecule has 2 aromatic rings. The van der Waals surface area contributed by atoms with Crippen LogP contribution in [-0.2, 0) is 17.8 Å². The normalized spacial score (nSPS) is 16.1. The fourth-order valence-electron chi connectivity index (χ4n) is 3.08. The molecule has 1 unspecified atom stereocenters. The van der Waals surface area contributed by atoms with Crippen molar-refractivity contribution in [1.82, 2.24) is 4.90 Å². The quantitative estimate of drug-likeness (QED) is 0.637. The minimum atomic E-state index is -0.929. The van der Waals surface area contributed by atoms with Crippen LogP contribution in [-0.4, -0.2) is 32.2 Å². The van der Waals surface area contributed by atoms with E-state index in [1.54, 1.807) is 54.2 Å². The van der Waals surface area contributed by atoms with Crippen LogP contribution in [0.25, 0.3) is 0 Å². The summed E-state index contributed by atoms with van der Waals surface area (Å²) in [5.74, 6) is -0.208. The number of phenolic OH excluding ortho intramolecular Hbond substituents is 1. The Labute approximate surface area is 168 Å². The molecule has 6 heteroatoms. The second kappa shape index (κ2) is 9.46. The van der Waals surface area contributed by atoms with Crippen molar-refractivity contribution in [1.29, 1.82) is 0 Å². The minimum Gasteiger partial charge on any atom is -0.508 e. The van der Waals surface area contributed by atoms with E-state index < -0.39 is 5.97 Å². The van der Waals surface area contributed by atoms with Gasteiger partial charge in [0.05, 0.1) is 5.57 Å². The molecule has 1 atom stereocenters. The van der Waals surface area contributed by atoms with Crippen LogP contribution in [0.1, 0.15) is 17.5 Å². The molecule has 1 aliphatic rings. The number of aryl methyl sites for hydroxylation is 1. The summed E-state index contributed by atoms with van der Waals surface area (Å²) in [6, 6.07) is 13.4. The second-order valence-corrected chi connectivity index (χ2v) is 7.75. The molecule has 0 amide bonds. The van der Waals surface area contributed by atoms with Gasteiger partial charge in [0, 0.05) is 12.7 Å². The molecule has 1 aliphatic heterocycles. The van der Waals surface area contributed by atoms with Crippen LogP contribution in [0, 0.1) is 5.82 Å². The van der Waals surface area contributed by atoms with Crippen LogP contribution in [0.4, 0.5) is 4.39 Å². The number of rotatable bonds is 8. The fourth-order valence-corrected chi connectivity index (χ4v) is 4.31. The molecule has 0 aromatic heterocycles. The summed E-state index contributed by atoms with van der Waals surface area (Å²) in [6.45, 7) is 0.505. The summed E-state index contributed by atoms with van der Waals surface area (Å²) in [7, 11) is 0. The van der Waals surface area contributed by atoms with Crippen molar-refractivity contribution in [3.05, 3.63) is 89.4 Å². The summed E-state index contributed by atoms with van der Waals surface area (Å²) in [6.07, 6.45) is 6.94. The van der Waals surface area contributed by atoms with E-state index >= 15 is 0 Å². The number of phenols is 1. The molecule has 146 valence electrons. The van der Waals surface area contributed by atoms with Gasteiger partial charge in [0.2, 0.25) is 0 Å².